The monoisotopic (exact) mass is 383 g/mol. The SMILES string of the molecule is CCc1oc(C(=O)N[C@H](c2ccccn2)C2CC(O)C2)cc1CN1CCCC1. The number of aliphatic hydroxyl groups excluding tert-OH is 1. The number of aromatic nitrogens is 1. The third kappa shape index (κ3) is 4.13. The van der Waals surface area contributed by atoms with Crippen molar-refractivity contribution in [1.29, 1.82) is 0 Å². The second kappa shape index (κ2) is 8.45. The Kier molecular flexibility index (Phi) is 5.78. The van der Waals surface area contributed by atoms with Crippen LogP contribution < -0.4 is 5.32 Å². The van der Waals surface area contributed by atoms with Crippen LogP contribution in [0, 0.1) is 5.92 Å². The van der Waals surface area contributed by atoms with Crippen LogP contribution in [0.15, 0.2) is 34.9 Å². The molecule has 1 amide bonds. The molecular formula is C22H29N3O3. The van der Waals surface area contributed by atoms with Crippen LogP contribution in [0.4, 0.5) is 0 Å². The van der Waals surface area contributed by atoms with E-state index in [2.05, 4.69) is 22.1 Å². The van der Waals surface area contributed by atoms with Crippen LogP contribution in [-0.2, 0) is 13.0 Å². The molecule has 0 bridgehead atoms. The summed E-state index contributed by atoms with van der Waals surface area (Å²) in [5, 5.41) is 12.8. The van der Waals surface area contributed by atoms with Crippen LogP contribution in [0.25, 0.3) is 0 Å². The number of amides is 1. The summed E-state index contributed by atoms with van der Waals surface area (Å²) in [5.41, 5.74) is 1.94. The van der Waals surface area contributed by atoms with Crippen molar-refractivity contribution in [2.24, 2.45) is 5.92 Å². The predicted octanol–water partition coefficient (Wildman–Crippen LogP) is 3.07. The minimum Gasteiger partial charge on any atom is -0.456 e. The summed E-state index contributed by atoms with van der Waals surface area (Å²) in [6.07, 6.45) is 6.07. The Morgan fingerprint density at radius 1 is 1.36 bits per heavy atom. The molecule has 2 aromatic heterocycles. The number of hydrogen-bond acceptors (Lipinski definition) is 5. The maximum absolute atomic E-state index is 13.0. The van der Waals surface area contributed by atoms with Crippen molar-refractivity contribution in [3.05, 3.63) is 53.2 Å². The Morgan fingerprint density at radius 2 is 2.14 bits per heavy atom. The average molecular weight is 383 g/mol. The topological polar surface area (TPSA) is 78.6 Å². The fourth-order valence-electron chi connectivity index (χ4n) is 4.30. The Labute approximate surface area is 166 Å². The molecule has 1 saturated carbocycles. The third-order valence-electron chi connectivity index (χ3n) is 5.95. The molecule has 3 heterocycles. The van der Waals surface area contributed by atoms with Gasteiger partial charge >= 0.3 is 0 Å². The number of aryl methyl sites for hydroxylation is 1. The summed E-state index contributed by atoms with van der Waals surface area (Å²) in [6.45, 7) is 5.13. The number of carbonyl (C=O) groups excluding carboxylic acids is 1. The molecule has 4 rings (SSSR count). The van der Waals surface area contributed by atoms with Crippen molar-refractivity contribution in [3.8, 4) is 0 Å². The molecule has 0 aromatic carbocycles. The van der Waals surface area contributed by atoms with Crippen LogP contribution in [0.5, 0.6) is 0 Å². The highest BCUT2D eigenvalue weighted by molar-refractivity contribution is 5.92. The number of rotatable bonds is 7. The first-order chi connectivity index (χ1) is 13.6. The van der Waals surface area contributed by atoms with E-state index in [1.54, 1.807) is 6.20 Å². The molecule has 6 heteroatoms. The molecule has 2 aliphatic rings. The lowest BCUT2D eigenvalue weighted by molar-refractivity contribution is 0.0225. The molecule has 0 unspecified atom stereocenters. The summed E-state index contributed by atoms with van der Waals surface area (Å²) >= 11 is 0. The molecule has 6 nitrogen and oxygen atoms in total. The number of nitrogens with one attached hydrogen (secondary N) is 1. The van der Waals surface area contributed by atoms with E-state index in [-0.39, 0.29) is 24.0 Å². The fourth-order valence-corrected chi connectivity index (χ4v) is 4.30. The minimum absolute atomic E-state index is 0.193. The van der Waals surface area contributed by atoms with Crippen molar-refractivity contribution in [2.45, 2.75) is 57.7 Å². The van der Waals surface area contributed by atoms with Gasteiger partial charge in [0.1, 0.15) is 5.76 Å². The van der Waals surface area contributed by atoms with Gasteiger partial charge in [0.2, 0.25) is 0 Å². The highest BCUT2D eigenvalue weighted by Gasteiger charge is 2.37. The summed E-state index contributed by atoms with van der Waals surface area (Å²) in [5.74, 6) is 1.25. The van der Waals surface area contributed by atoms with Crippen LogP contribution in [-0.4, -0.2) is 40.1 Å². The quantitative estimate of drug-likeness (QED) is 0.768. The lowest BCUT2D eigenvalue weighted by atomic mass is 9.76. The molecule has 28 heavy (non-hydrogen) atoms. The normalized spacial score (nSPS) is 23.4. The van der Waals surface area contributed by atoms with Gasteiger partial charge in [-0.25, -0.2) is 0 Å². The van der Waals surface area contributed by atoms with Gasteiger partial charge in [0.15, 0.2) is 5.76 Å². The fraction of sp³-hybridized carbons (Fsp3) is 0.545. The van der Waals surface area contributed by atoms with Gasteiger partial charge in [-0.05, 0) is 62.9 Å². The Balaban J connectivity index is 1.50. The number of carbonyl (C=O) groups is 1. The number of likely N-dealkylation sites (tertiary alicyclic amines) is 1. The molecule has 0 radical (unpaired) electrons. The van der Waals surface area contributed by atoms with Gasteiger partial charge in [-0.3, -0.25) is 14.7 Å². The van der Waals surface area contributed by atoms with Crippen LogP contribution in [0.2, 0.25) is 0 Å². The molecule has 1 aliphatic carbocycles. The van der Waals surface area contributed by atoms with Crippen molar-refractivity contribution >= 4 is 5.91 Å². The molecule has 1 aliphatic heterocycles. The minimum atomic E-state index is -0.282. The molecule has 0 spiro atoms. The van der Waals surface area contributed by atoms with E-state index in [0.29, 0.717) is 18.6 Å². The number of pyridine rings is 1. The number of nitrogens with zero attached hydrogens (tertiary/aromatic N) is 2. The molecule has 2 aromatic rings. The van der Waals surface area contributed by atoms with Gasteiger partial charge in [0.25, 0.3) is 5.91 Å². The van der Waals surface area contributed by atoms with E-state index in [1.165, 1.54) is 12.8 Å². The zero-order valence-electron chi connectivity index (χ0n) is 16.4. The number of furan rings is 1. The lowest BCUT2D eigenvalue weighted by Gasteiger charge is -2.37. The summed E-state index contributed by atoms with van der Waals surface area (Å²) in [6, 6.07) is 7.40. The molecule has 1 saturated heterocycles. The molecule has 1 atom stereocenters. The largest absolute Gasteiger partial charge is 0.456 e. The third-order valence-corrected chi connectivity index (χ3v) is 5.95. The first-order valence-corrected chi connectivity index (χ1v) is 10.4. The van der Waals surface area contributed by atoms with Crippen molar-refractivity contribution < 1.29 is 14.3 Å². The Hall–Kier alpha value is -2.18. The zero-order chi connectivity index (χ0) is 19.5. The van der Waals surface area contributed by atoms with Crippen molar-refractivity contribution in [2.75, 3.05) is 13.1 Å². The summed E-state index contributed by atoms with van der Waals surface area (Å²) in [4.78, 5) is 19.8. The van der Waals surface area contributed by atoms with E-state index < -0.39 is 0 Å². The standard InChI is InChI=1S/C22H29N3O3/c1-2-19-16(14-25-9-5-6-10-25)13-20(28-19)22(27)24-21(15-11-17(26)12-15)18-7-3-4-8-23-18/h3-4,7-8,13,15,17,21,26H,2,5-6,9-12,14H2,1H3,(H,24,27)/t15?,17?,21-/m0/s1. The Morgan fingerprint density at radius 3 is 2.79 bits per heavy atom. The Bertz CT molecular complexity index is 793. The highest BCUT2D eigenvalue weighted by Crippen LogP contribution is 2.37. The van der Waals surface area contributed by atoms with Gasteiger partial charge in [-0.1, -0.05) is 13.0 Å². The van der Waals surface area contributed by atoms with E-state index in [9.17, 15) is 9.90 Å². The second-order valence-electron chi connectivity index (χ2n) is 7.99. The summed E-state index contributed by atoms with van der Waals surface area (Å²) < 4.78 is 5.92. The molecule has 150 valence electrons. The first-order valence-electron chi connectivity index (χ1n) is 10.4. The van der Waals surface area contributed by atoms with E-state index in [0.717, 1.165) is 43.1 Å². The van der Waals surface area contributed by atoms with E-state index in [1.807, 2.05) is 24.3 Å². The van der Waals surface area contributed by atoms with Crippen LogP contribution in [0.3, 0.4) is 0 Å². The maximum Gasteiger partial charge on any atom is 0.287 e. The van der Waals surface area contributed by atoms with Crippen LogP contribution in [0.1, 0.15) is 66.2 Å². The molecular weight excluding hydrogens is 354 g/mol. The predicted molar refractivity (Wildman–Crippen MR) is 106 cm³/mol. The summed E-state index contributed by atoms with van der Waals surface area (Å²) in [7, 11) is 0. The lowest BCUT2D eigenvalue weighted by Crippen LogP contribution is -2.41. The molecule has 2 N–H and O–H groups in total. The van der Waals surface area contributed by atoms with Crippen LogP contribution >= 0.6 is 0 Å². The average Bonchev–Trinajstić information content (AvgIpc) is 3.34. The highest BCUT2D eigenvalue weighted by atomic mass is 16.4. The van der Waals surface area contributed by atoms with Gasteiger partial charge in [-0.15, -0.1) is 0 Å². The first kappa shape index (κ1) is 19.2. The maximum atomic E-state index is 13.0. The smallest absolute Gasteiger partial charge is 0.287 e. The van der Waals surface area contributed by atoms with Gasteiger partial charge < -0.3 is 14.8 Å². The second-order valence-corrected chi connectivity index (χ2v) is 7.99. The molecule has 2 fully saturated rings. The zero-order valence-corrected chi connectivity index (χ0v) is 16.4. The van der Waals surface area contributed by atoms with Gasteiger partial charge in [0.05, 0.1) is 17.8 Å². The van der Waals surface area contributed by atoms with Gasteiger partial charge in [-0.2, -0.15) is 0 Å². The van der Waals surface area contributed by atoms with Gasteiger partial charge in [0, 0.05) is 24.7 Å². The van der Waals surface area contributed by atoms with E-state index in [4.69, 9.17) is 4.42 Å². The van der Waals surface area contributed by atoms with Crippen molar-refractivity contribution in [1.82, 2.24) is 15.2 Å². The van der Waals surface area contributed by atoms with E-state index >= 15 is 0 Å². The number of hydrogen-bond donors (Lipinski definition) is 2. The van der Waals surface area contributed by atoms with Crippen molar-refractivity contribution in [3.63, 3.8) is 0 Å². The number of aliphatic hydroxyl groups is 1.